The molecule has 33 heteroatoms. The van der Waals surface area contributed by atoms with Crippen molar-refractivity contribution in [3.05, 3.63) is 65.6 Å². The number of hydrogen-bond donors (Lipinski definition) is 9. The van der Waals surface area contributed by atoms with Crippen LogP contribution in [-0.2, 0) is 64.3 Å². The monoisotopic (exact) mass is 1220 g/mol. The molecule has 0 spiro atoms. The van der Waals surface area contributed by atoms with Gasteiger partial charge in [0.05, 0.1) is 49.6 Å². The maximum absolute atomic E-state index is 13.5. The maximum Gasteiger partial charge on any atom is 0.458 e. The number of rotatable bonds is 37. The Morgan fingerprint density at radius 1 is 0.738 bits per heavy atom. The topological polar surface area (TPSA) is 359 Å². The number of sulfonamides is 1. The van der Waals surface area contributed by atoms with E-state index in [9.17, 15) is 78.2 Å². The number of Topliss-reactive ketones (excluding diaryl/α,β-unsaturated/α-hetero) is 2. The van der Waals surface area contributed by atoms with Crippen LogP contribution in [-0.4, -0.2) is 184 Å². The van der Waals surface area contributed by atoms with Crippen molar-refractivity contribution in [2.75, 3.05) is 84.8 Å². The molecular weight excluding hydrogens is 1150 g/mol. The summed E-state index contributed by atoms with van der Waals surface area (Å²) in [5.41, 5.74) is 1.70. The van der Waals surface area contributed by atoms with Crippen molar-refractivity contribution in [3.63, 3.8) is 0 Å². The van der Waals surface area contributed by atoms with Crippen LogP contribution >= 0.6 is 0 Å². The summed E-state index contributed by atoms with van der Waals surface area (Å²) in [5.74, 6) is -8.90. The Morgan fingerprint density at radius 2 is 1.35 bits per heavy atom. The Morgan fingerprint density at radius 3 is 1.90 bits per heavy atom. The number of fused-ring (bicyclic) bond motifs is 1. The summed E-state index contributed by atoms with van der Waals surface area (Å²) in [6, 6.07) is 5.56. The van der Waals surface area contributed by atoms with E-state index in [1.807, 2.05) is 4.68 Å². The highest BCUT2D eigenvalue weighted by atomic mass is 32.2. The van der Waals surface area contributed by atoms with Crippen molar-refractivity contribution >= 4 is 73.9 Å². The lowest BCUT2D eigenvalue weighted by molar-refractivity contribution is -0.193. The molecular formula is C51H69F6N11O15S. The molecule has 2 aromatic heterocycles. The number of H-pyrrole nitrogens is 1. The summed E-state index contributed by atoms with van der Waals surface area (Å²) in [7, 11) is -2.86. The zero-order valence-corrected chi connectivity index (χ0v) is 47.2. The number of halogens is 6. The average molecular weight is 1220 g/mol. The van der Waals surface area contributed by atoms with Gasteiger partial charge in [0.15, 0.2) is 5.95 Å². The fourth-order valence-electron chi connectivity index (χ4n) is 7.48. The number of ether oxygens (including phenoxy) is 4. The van der Waals surface area contributed by atoms with Gasteiger partial charge in [-0.1, -0.05) is 0 Å². The van der Waals surface area contributed by atoms with Gasteiger partial charge in [-0.3, -0.25) is 43.0 Å². The van der Waals surface area contributed by atoms with Crippen LogP contribution in [0.2, 0.25) is 0 Å². The maximum atomic E-state index is 13.5. The molecule has 9 N–H and O–H groups in total. The zero-order valence-electron chi connectivity index (χ0n) is 46.4. The normalized spacial score (nSPS) is 12.3. The minimum Gasteiger partial charge on any atom is -0.494 e. The second-order valence-corrected chi connectivity index (χ2v) is 19.9. The lowest BCUT2D eigenvalue weighted by atomic mass is 10.1. The molecule has 0 unspecified atom stereocenters. The van der Waals surface area contributed by atoms with Gasteiger partial charge < -0.3 is 60.9 Å². The number of aromatic amines is 1. The first-order valence-electron chi connectivity index (χ1n) is 26.1. The molecule has 0 saturated heterocycles. The van der Waals surface area contributed by atoms with E-state index in [4.69, 9.17) is 18.9 Å². The number of alkyl halides is 6. The second kappa shape index (κ2) is 35.4. The fraction of sp³-hybridized carbons (Fsp3) is 0.529. The summed E-state index contributed by atoms with van der Waals surface area (Å²) in [4.78, 5) is 99.2. The Balaban J connectivity index is 0.00000138. The third-order valence-electron chi connectivity index (χ3n) is 11.5. The Hall–Kier alpha value is -7.75. The number of aryl methyl sites for hydroxylation is 3. The number of imidazole rings is 1. The molecule has 0 fully saturated rings. The quantitative estimate of drug-likeness (QED) is 0.0178. The van der Waals surface area contributed by atoms with Crippen molar-refractivity contribution in [2.24, 2.45) is 0 Å². The van der Waals surface area contributed by atoms with Crippen LogP contribution in [0.1, 0.15) is 73.4 Å². The lowest BCUT2D eigenvalue weighted by Crippen LogP contribution is -2.48. The number of nitrogens with one attached hydrogen (secondary N) is 8. The molecule has 2 aromatic carbocycles. The van der Waals surface area contributed by atoms with Gasteiger partial charge in [0.2, 0.25) is 33.7 Å². The molecule has 0 aliphatic heterocycles. The van der Waals surface area contributed by atoms with Gasteiger partial charge in [0.25, 0.3) is 5.91 Å². The van der Waals surface area contributed by atoms with Gasteiger partial charge in [-0.05, 0) is 87.4 Å². The van der Waals surface area contributed by atoms with Crippen LogP contribution in [0.25, 0.3) is 10.9 Å². The van der Waals surface area contributed by atoms with Crippen LogP contribution < -0.4 is 41.4 Å². The number of ketones is 2. The number of aliphatic carboxylic acids is 1. The largest absolute Gasteiger partial charge is 0.494 e. The number of hydrogen-bond acceptors (Lipinski definition) is 17. The van der Waals surface area contributed by atoms with Gasteiger partial charge >= 0.3 is 29.9 Å². The van der Waals surface area contributed by atoms with E-state index in [-0.39, 0.29) is 60.0 Å². The SMILES string of the molecule is CNC(=O)CC[C@@H](NC(C)=O)C(=O)NCCCOCCOCCOCCCNC(=O)CCCOc1cc(C)c(S(=O)(=O)N[C@@H](CNC(=O)c2ccc3c(cnn3CCCNc3ncc[nH]3)c2)C(=O)O)c(C)c1.O=C(C(=O)C(F)(F)F)C(F)(F)F. The Labute approximate surface area is 478 Å². The van der Waals surface area contributed by atoms with E-state index in [2.05, 4.69) is 51.7 Å². The standard InChI is InChI=1S/C47H69N11O13S.C4F6O2/c1-32-27-37(71-22-5-9-42(61)49-15-7-20-68-23-25-70-26-24-69-21-8-16-50-45(63)38(56-34(3)59)11-13-41(60)48-4)28-33(2)43(32)72(66,67)57-39(46(64)65)31-54-44(62)35-10-12-40-36(29-35)30-55-58(40)19-6-14-51-47-52-17-18-53-47;5-3(6,7)1(11)2(12)4(8,9)10/h10,12,17-18,27-30,38-39,57H,5-9,11,13-16,19-26,31H2,1-4H3,(H,48,60)(H,49,61)(H,50,63)(H,54,62)(H,56,59)(H,64,65)(H2,51,52,53);/t38-,39+;/m1./s1. The molecule has 0 aliphatic rings. The van der Waals surface area contributed by atoms with Crippen molar-refractivity contribution in [2.45, 2.75) is 102 Å². The molecule has 84 heavy (non-hydrogen) atoms. The molecule has 0 radical (unpaired) electrons. The van der Waals surface area contributed by atoms with E-state index in [0.29, 0.717) is 113 Å². The number of carboxylic acids is 1. The third kappa shape index (κ3) is 25.8. The van der Waals surface area contributed by atoms with Crippen molar-refractivity contribution < 1.29 is 97.2 Å². The highest BCUT2D eigenvalue weighted by Crippen LogP contribution is 2.27. The first kappa shape index (κ1) is 70.5. The summed E-state index contributed by atoms with van der Waals surface area (Å²) in [6.45, 7) is 8.47. The molecule has 2 heterocycles. The number of benzene rings is 2. The van der Waals surface area contributed by atoms with Gasteiger partial charge in [0, 0.05) is 96.1 Å². The molecule has 4 rings (SSSR count). The highest BCUT2D eigenvalue weighted by molar-refractivity contribution is 7.89. The van der Waals surface area contributed by atoms with Crippen LogP contribution in [0.15, 0.2) is 53.8 Å². The first-order chi connectivity index (χ1) is 39.6. The van der Waals surface area contributed by atoms with Gasteiger partial charge in [-0.2, -0.15) is 36.2 Å². The molecule has 5 amide bonds. The number of aromatic nitrogens is 4. The number of amides is 5. The Kier molecular flexibility index (Phi) is 29.7. The predicted octanol–water partition coefficient (Wildman–Crippen LogP) is 2.54. The lowest BCUT2D eigenvalue weighted by Gasteiger charge is -2.19. The Bertz CT molecular complexity index is 2880. The molecule has 4 aromatic rings. The van der Waals surface area contributed by atoms with Crippen LogP contribution in [0, 0.1) is 13.8 Å². The number of carbonyl (C=O) groups excluding carboxylic acids is 7. The number of carbonyl (C=O) groups is 8. The number of carboxylic acid groups (broad SMARTS) is 1. The van der Waals surface area contributed by atoms with Crippen molar-refractivity contribution in [3.8, 4) is 5.75 Å². The van der Waals surface area contributed by atoms with Gasteiger partial charge in [-0.15, -0.1) is 0 Å². The fourth-order valence-corrected chi connectivity index (χ4v) is 9.12. The third-order valence-corrected chi connectivity index (χ3v) is 13.2. The van der Waals surface area contributed by atoms with E-state index < -0.39 is 64.4 Å². The summed E-state index contributed by atoms with van der Waals surface area (Å²) in [6.07, 6.45) is -3.69. The predicted molar refractivity (Wildman–Crippen MR) is 287 cm³/mol. The van der Waals surface area contributed by atoms with Crippen LogP contribution in [0.3, 0.4) is 0 Å². The van der Waals surface area contributed by atoms with Crippen molar-refractivity contribution in [1.82, 2.24) is 51.1 Å². The van der Waals surface area contributed by atoms with Crippen LogP contribution in [0.4, 0.5) is 32.3 Å². The highest BCUT2D eigenvalue weighted by Gasteiger charge is 2.54. The van der Waals surface area contributed by atoms with Gasteiger partial charge in [-0.25, -0.2) is 13.4 Å². The smallest absolute Gasteiger partial charge is 0.458 e. The summed E-state index contributed by atoms with van der Waals surface area (Å²) >= 11 is 0. The molecule has 0 aliphatic carbocycles. The van der Waals surface area contributed by atoms with Crippen LogP contribution in [0.5, 0.6) is 5.75 Å². The number of anilines is 1. The molecule has 0 saturated carbocycles. The average Bonchev–Trinajstić information content (AvgIpc) is 2.21. The van der Waals surface area contributed by atoms with E-state index in [0.717, 1.165) is 11.9 Å². The number of nitrogens with zero attached hydrogens (tertiary/aromatic N) is 3. The molecule has 466 valence electrons. The first-order valence-corrected chi connectivity index (χ1v) is 27.6. The molecule has 2 atom stereocenters. The van der Waals surface area contributed by atoms with E-state index >= 15 is 0 Å². The van der Waals surface area contributed by atoms with E-state index in [1.165, 1.54) is 26.1 Å². The summed E-state index contributed by atoms with van der Waals surface area (Å²) < 4.78 is 120. The van der Waals surface area contributed by atoms with Gasteiger partial charge in [0.1, 0.15) is 17.8 Å². The minimum atomic E-state index is -5.77. The second-order valence-electron chi connectivity index (χ2n) is 18.2. The summed E-state index contributed by atoms with van der Waals surface area (Å²) in [5, 5.41) is 31.4. The molecule has 0 bridgehead atoms. The zero-order chi connectivity index (χ0) is 62.5. The van der Waals surface area contributed by atoms with E-state index in [1.54, 1.807) is 50.6 Å². The minimum absolute atomic E-state index is 0.114. The van der Waals surface area contributed by atoms with Crippen molar-refractivity contribution in [1.29, 1.82) is 0 Å². The molecule has 26 nitrogen and oxygen atoms in total.